The Morgan fingerprint density at radius 2 is 0.809 bits per heavy atom. The predicted octanol–water partition coefficient (Wildman–Crippen LogP) is 13.2. The average Bonchev–Trinajstić information content (AvgIpc) is 3.54. The average molecular weight is 597 g/mol. The molecular weight excluding hydrogens is 569 g/mol. The van der Waals surface area contributed by atoms with Gasteiger partial charge in [0, 0.05) is 16.3 Å². The molecule has 1 aromatic heterocycles. The second-order valence-electron chi connectivity index (χ2n) is 12.4. The first-order chi connectivity index (χ1) is 23.3. The molecule has 1 heterocycles. The van der Waals surface area contributed by atoms with Crippen LogP contribution in [0.15, 0.2) is 174 Å². The lowest BCUT2D eigenvalue weighted by atomic mass is 9.86. The summed E-state index contributed by atoms with van der Waals surface area (Å²) in [5, 5.41) is 10.0. The van der Waals surface area contributed by atoms with Gasteiger partial charge in [0.05, 0.1) is 0 Å². The lowest BCUT2D eigenvalue weighted by Crippen LogP contribution is -1.89. The van der Waals surface area contributed by atoms with E-state index in [4.69, 9.17) is 4.42 Å². The minimum absolute atomic E-state index is 0.905. The maximum absolute atomic E-state index is 6.70. The molecule has 0 saturated heterocycles. The first-order valence-corrected chi connectivity index (χ1v) is 16.2. The zero-order chi connectivity index (χ0) is 30.9. The van der Waals surface area contributed by atoms with Gasteiger partial charge in [-0.25, -0.2) is 0 Å². The molecule has 0 aliphatic heterocycles. The van der Waals surface area contributed by atoms with Gasteiger partial charge in [0.1, 0.15) is 11.2 Å². The van der Waals surface area contributed by atoms with E-state index in [1.165, 1.54) is 65.7 Å². The van der Waals surface area contributed by atoms with E-state index in [-0.39, 0.29) is 0 Å². The topological polar surface area (TPSA) is 13.1 Å². The van der Waals surface area contributed by atoms with Crippen LogP contribution in [0.2, 0.25) is 0 Å². The summed E-state index contributed by atoms with van der Waals surface area (Å²) >= 11 is 0. The normalized spacial score (nSPS) is 11.8. The van der Waals surface area contributed by atoms with E-state index in [1.807, 2.05) is 0 Å². The third kappa shape index (κ3) is 3.97. The highest BCUT2D eigenvalue weighted by atomic mass is 16.3. The molecule has 0 aliphatic rings. The van der Waals surface area contributed by atoms with Gasteiger partial charge in [-0.05, 0) is 77.3 Å². The molecule has 9 aromatic carbocycles. The van der Waals surface area contributed by atoms with Crippen molar-refractivity contribution in [1.29, 1.82) is 0 Å². The summed E-state index contributed by atoms with van der Waals surface area (Å²) in [6.07, 6.45) is 0. The van der Waals surface area contributed by atoms with Gasteiger partial charge >= 0.3 is 0 Å². The van der Waals surface area contributed by atoms with Crippen LogP contribution in [-0.4, -0.2) is 0 Å². The molecule has 0 atom stereocenters. The van der Waals surface area contributed by atoms with Gasteiger partial charge in [-0.2, -0.15) is 0 Å². The maximum atomic E-state index is 6.70. The second kappa shape index (κ2) is 10.2. The van der Waals surface area contributed by atoms with E-state index in [9.17, 15) is 0 Å². The number of hydrogen-bond donors (Lipinski definition) is 0. The fraction of sp³-hybridized carbons (Fsp3) is 0. The molecule has 0 radical (unpaired) electrons. The van der Waals surface area contributed by atoms with E-state index >= 15 is 0 Å². The summed E-state index contributed by atoms with van der Waals surface area (Å²) in [6, 6.07) is 61.3. The van der Waals surface area contributed by atoms with Crippen LogP contribution in [0.4, 0.5) is 0 Å². The SMILES string of the molecule is c1ccc(-c2ccc(-c3cccc4c3oc3cccc(-c5ccc6ccc7c(-c8ccccc8)ccc8ccc5c6c87)c34)cc2)cc1. The molecule has 0 aliphatic carbocycles. The van der Waals surface area contributed by atoms with Gasteiger partial charge in [-0.15, -0.1) is 0 Å². The number of para-hydroxylation sites is 1. The molecule has 47 heavy (non-hydrogen) atoms. The first-order valence-electron chi connectivity index (χ1n) is 16.2. The third-order valence-electron chi connectivity index (χ3n) is 9.87. The van der Waals surface area contributed by atoms with E-state index in [0.717, 1.165) is 33.1 Å². The van der Waals surface area contributed by atoms with Crippen LogP contribution in [-0.2, 0) is 0 Å². The number of fused-ring (bicyclic) bond motifs is 3. The zero-order valence-electron chi connectivity index (χ0n) is 25.6. The van der Waals surface area contributed by atoms with Crippen molar-refractivity contribution in [1.82, 2.24) is 0 Å². The van der Waals surface area contributed by atoms with Gasteiger partial charge in [-0.3, -0.25) is 0 Å². The predicted molar refractivity (Wildman–Crippen MR) is 199 cm³/mol. The molecule has 1 heteroatoms. The standard InChI is InChI=1S/C46H28O/c1-3-9-29(10-4-1)30-17-19-32(20-18-30)36-13-7-15-41-45-38(14-8-16-42(45)47-46(36)41)37-26-22-34-23-27-39-35(31-11-5-2-6-12-31)25-21-33-24-28-40(37)44(34)43(33)39/h1-28H. The highest BCUT2D eigenvalue weighted by Gasteiger charge is 2.19. The maximum Gasteiger partial charge on any atom is 0.143 e. The van der Waals surface area contributed by atoms with Gasteiger partial charge < -0.3 is 4.42 Å². The minimum atomic E-state index is 0.905. The van der Waals surface area contributed by atoms with Crippen LogP contribution >= 0.6 is 0 Å². The van der Waals surface area contributed by atoms with Crippen molar-refractivity contribution in [3.8, 4) is 44.5 Å². The van der Waals surface area contributed by atoms with Crippen molar-refractivity contribution in [3.05, 3.63) is 170 Å². The molecule has 218 valence electrons. The summed E-state index contributed by atoms with van der Waals surface area (Å²) in [6.45, 7) is 0. The van der Waals surface area contributed by atoms with Gasteiger partial charge in [0.15, 0.2) is 0 Å². The molecule has 0 spiro atoms. The Balaban J connectivity index is 1.18. The molecule has 1 nitrogen and oxygen atoms in total. The van der Waals surface area contributed by atoms with Crippen molar-refractivity contribution in [2.45, 2.75) is 0 Å². The fourth-order valence-electron chi connectivity index (χ4n) is 7.68. The molecule has 0 fully saturated rings. The summed E-state index contributed by atoms with van der Waals surface area (Å²) in [7, 11) is 0. The Morgan fingerprint density at radius 3 is 1.53 bits per heavy atom. The van der Waals surface area contributed by atoms with Crippen molar-refractivity contribution >= 4 is 54.3 Å². The molecule has 0 saturated carbocycles. The van der Waals surface area contributed by atoms with Crippen molar-refractivity contribution in [2.24, 2.45) is 0 Å². The summed E-state index contributed by atoms with van der Waals surface area (Å²) in [5.74, 6) is 0. The zero-order valence-corrected chi connectivity index (χ0v) is 25.6. The second-order valence-corrected chi connectivity index (χ2v) is 12.4. The monoisotopic (exact) mass is 596 g/mol. The lowest BCUT2D eigenvalue weighted by molar-refractivity contribution is 0.670. The Labute approximate surface area is 272 Å². The van der Waals surface area contributed by atoms with Crippen molar-refractivity contribution in [3.63, 3.8) is 0 Å². The molecule has 0 unspecified atom stereocenters. The fourth-order valence-corrected chi connectivity index (χ4v) is 7.68. The van der Waals surface area contributed by atoms with Crippen LogP contribution in [0, 0.1) is 0 Å². The van der Waals surface area contributed by atoms with Crippen LogP contribution in [0.25, 0.3) is 98.8 Å². The molecular formula is C46H28O. The largest absolute Gasteiger partial charge is 0.455 e. The molecule has 0 bridgehead atoms. The third-order valence-corrected chi connectivity index (χ3v) is 9.87. The number of hydrogen-bond acceptors (Lipinski definition) is 1. The van der Waals surface area contributed by atoms with E-state index in [0.29, 0.717) is 0 Å². The highest BCUT2D eigenvalue weighted by Crippen LogP contribution is 2.46. The Morgan fingerprint density at radius 1 is 0.277 bits per heavy atom. The Kier molecular flexibility index (Phi) is 5.64. The lowest BCUT2D eigenvalue weighted by Gasteiger charge is -2.17. The molecule has 10 aromatic rings. The van der Waals surface area contributed by atoms with Crippen LogP contribution in [0.1, 0.15) is 0 Å². The highest BCUT2D eigenvalue weighted by molar-refractivity contribution is 6.29. The van der Waals surface area contributed by atoms with E-state index in [2.05, 4.69) is 170 Å². The Bertz CT molecular complexity index is 2750. The molecule has 10 rings (SSSR count). The molecule has 0 N–H and O–H groups in total. The minimum Gasteiger partial charge on any atom is -0.455 e. The van der Waals surface area contributed by atoms with Crippen LogP contribution in [0.3, 0.4) is 0 Å². The van der Waals surface area contributed by atoms with Crippen molar-refractivity contribution < 1.29 is 4.42 Å². The van der Waals surface area contributed by atoms with Gasteiger partial charge in [0.2, 0.25) is 0 Å². The molecule has 0 amide bonds. The van der Waals surface area contributed by atoms with E-state index in [1.54, 1.807) is 0 Å². The van der Waals surface area contributed by atoms with Crippen molar-refractivity contribution in [2.75, 3.05) is 0 Å². The van der Waals surface area contributed by atoms with Gasteiger partial charge in [-0.1, -0.05) is 164 Å². The number of rotatable bonds is 4. The number of benzene rings is 9. The number of furan rings is 1. The van der Waals surface area contributed by atoms with Gasteiger partial charge in [0.25, 0.3) is 0 Å². The van der Waals surface area contributed by atoms with E-state index < -0.39 is 0 Å². The van der Waals surface area contributed by atoms with Crippen LogP contribution in [0.5, 0.6) is 0 Å². The summed E-state index contributed by atoms with van der Waals surface area (Å²) in [4.78, 5) is 0. The summed E-state index contributed by atoms with van der Waals surface area (Å²) in [5.41, 5.74) is 11.4. The smallest absolute Gasteiger partial charge is 0.143 e. The Hall–Kier alpha value is -6.18. The van der Waals surface area contributed by atoms with Crippen LogP contribution < -0.4 is 0 Å². The first kappa shape index (κ1) is 26.1. The quantitative estimate of drug-likeness (QED) is 0.184. The summed E-state index contributed by atoms with van der Waals surface area (Å²) < 4.78 is 6.70.